The molecule has 1 aliphatic rings. The van der Waals surface area contributed by atoms with Crippen molar-refractivity contribution in [3.63, 3.8) is 0 Å². The van der Waals surface area contributed by atoms with Gasteiger partial charge in [-0.1, -0.05) is 0 Å². The van der Waals surface area contributed by atoms with Crippen LogP contribution in [-0.2, 0) is 13.5 Å². The standard InChI is InChI=1S/C8H13N3/c1-11-5-10-7-4-2-3-6(9)8(7)11/h5-6H,2-4,9H2,1H3. The monoisotopic (exact) mass is 151 g/mol. The van der Waals surface area contributed by atoms with Crippen molar-refractivity contribution in [2.75, 3.05) is 0 Å². The Morgan fingerprint density at radius 3 is 3.27 bits per heavy atom. The Hall–Kier alpha value is -0.830. The van der Waals surface area contributed by atoms with E-state index >= 15 is 0 Å². The first-order valence-corrected chi connectivity index (χ1v) is 4.04. The molecule has 1 aromatic rings. The molecule has 1 unspecified atom stereocenters. The topological polar surface area (TPSA) is 43.8 Å². The molecule has 0 spiro atoms. The number of aromatic nitrogens is 2. The van der Waals surface area contributed by atoms with E-state index in [1.165, 1.54) is 17.8 Å². The third kappa shape index (κ3) is 0.959. The van der Waals surface area contributed by atoms with Crippen molar-refractivity contribution in [3.8, 4) is 0 Å². The van der Waals surface area contributed by atoms with Crippen molar-refractivity contribution < 1.29 is 0 Å². The lowest BCUT2D eigenvalue weighted by molar-refractivity contribution is 0.536. The molecule has 0 saturated heterocycles. The van der Waals surface area contributed by atoms with Gasteiger partial charge in [0.15, 0.2) is 0 Å². The van der Waals surface area contributed by atoms with Crippen LogP contribution in [0.25, 0.3) is 0 Å². The normalized spacial score (nSPS) is 23.3. The number of nitrogens with zero attached hydrogens (tertiary/aromatic N) is 2. The van der Waals surface area contributed by atoms with E-state index in [1.807, 2.05) is 17.9 Å². The van der Waals surface area contributed by atoms with Gasteiger partial charge in [-0.15, -0.1) is 0 Å². The molecule has 1 aliphatic carbocycles. The molecule has 0 fully saturated rings. The molecular formula is C8H13N3. The van der Waals surface area contributed by atoms with Crippen molar-refractivity contribution in [2.24, 2.45) is 12.8 Å². The van der Waals surface area contributed by atoms with Crippen LogP contribution in [0.3, 0.4) is 0 Å². The zero-order valence-electron chi connectivity index (χ0n) is 6.75. The van der Waals surface area contributed by atoms with Gasteiger partial charge in [0.1, 0.15) is 0 Å². The highest BCUT2D eigenvalue weighted by Crippen LogP contribution is 2.25. The molecule has 0 aliphatic heterocycles. The highest BCUT2D eigenvalue weighted by molar-refractivity contribution is 5.19. The van der Waals surface area contributed by atoms with Crippen molar-refractivity contribution in [2.45, 2.75) is 25.3 Å². The second-order valence-electron chi connectivity index (χ2n) is 3.19. The van der Waals surface area contributed by atoms with Crippen LogP contribution in [-0.4, -0.2) is 9.55 Å². The Morgan fingerprint density at radius 2 is 2.55 bits per heavy atom. The van der Waals surface area contributed by atoms with Gasteiger partial charge < -0.3 is 10.3 Å². The Morgan fingerprint density at radius 1 is 1.73 bits per heavy atom. The molecule has 0 saturated carbocycles. The third-order valence-corrected chi connectivity index (χ3v) is 2.34. The summed E-state index contributed by atoms with van der Waals surface area (Å²) in [5, 5.41) is 0. The van der Waals surface area contributed by atoms with Crippen LogP contribution >= 0.6 is 0 Å². The van der Waals surface area contributed by atoms with Crippen molar-refractivity contribution in [1.29, 1.82) is 0 Å². The number of rotatable bonds is 0. The lowest BCUT2D eigenvalue weighted by Gasteiger charge is -2.18. The third-order valence-electron chi connectivity index (χ3n) is 2.34. The fraction of sp³-hybridized carbons (Fsp3) is 0.625. The quantitative estimate of drug-likeness (QED) is 0.594. The maximum Gasteiger partial charge on any atom is 0.0949 e. The lowest BCUT2D eigenvalue weighted by atomic mass is 9.97. The minimum absolute atomic E-state index is 0.214. The maximum absolute atomic E-state index is 5.93. The summed E-state index contributed by atoms with van der Waals surface area (Å²) in [6.07, 6.45) is 5.25. The van der Waals surface area contributed by atoms with E-state index in [2.05, 4.69) is 4.98 Å². The summed E-state index contributed by atoms with van der Waals surface area (Å²) in [6.45, 7) is 0. The summed E-state index contributed by atoms with van der Waals surface area (Å²) in [6, 6.07) is 0.214. The first-order chi connectivity index (χ1) is 5.29. The molecule has 1 atom stereocenters. The van der Waals surface area contributed by atoms with Crippen LogP contribution in [0, 0.1) is 0 Å². The minimum atomic E-state index is 0.214. The van der Waals surface area contributed by atoms with E-state index < -0.39 is 0 Å². The van der Waals surface area contributed by atoms with Crippen LogP contribution < -0.4 is 5.73 Å². The number of hydrogen-bond donors (Lipinski definition) is 1. The van der Waals surface area contributed by atoms with Crippen LogP contribution in [0.2, 0.25) is 0 Å². The summed E-state index contributed by atoms with van der Waals surface area (Å²) < 4.78 is 2.04. The second kappa shape index (κ2) is 2.34. The summed E-state index contributed by atoms with van der Waals surface area (Å²) in [5.41, 5.74) is 8.36. The predicted molar refractivity (Wildman–Crippen MR) is 43.1 cm³/mol. The molecule has 0 amide bonds. The van der Waals surface area contributed by atoms with Crippen LogP contribution in [0.1, 0.15) is 30.3 Å². The zero-order chi connectivity index (χ0) is 7.84. The van der Waals surface area contributed by atoms with E-state index in [9.17, 15) is 0 Å². The number of fused-ring (bicyclic) bond motifs is 1. The maximum atomic E-state index is 5.93. The molecule has 1 aromatic heterocycles. The summed E-state index contributed by atoms with van der Waals surface area (Å²) in [5.74, 6) is 0. The molecule has 60 valence electrons. The van der Waals surface area contributed by atoms with E-state index in [0.29, 0.717) is 0 Å². The minimum Gasteiger partial charge on any atom is -0.336 e. The summed E-state index contributed by atoms with van der Waals surface area (Å²) >= 11 is 0. The first kappa shape index (κ1) is 6.85. The summed E-state index contributed by atoms with van der Waals surface area (Å²) in [7, 11) is 2.01. The number of imidazole rings is 1. The summed E-state index contributed by atoms with van der Waals surface area (Å²) in [4.78, 5) is 4.29. The largest absolute Gasteiger partial charge is 0.336 e. The van der Waals surface area contributed by atoms with Crippen LogP contribution in [0.15, 0.2) is 6.33 Å². The fourth-order valence-corrected chi connectivity index (χ4v) is 1.78. The number of hydrogen-bond acceptors (Lipinski definition) is 2. The fourth-order valence-electron chi connectivity index (χ4n) is 1.78. The molecule has 3 heteroatoms. The average molecular weight is 151 g/mol. The molecule has 2 rings (SSSR count). The zero-order valence-corrected chi connectivity index (χ0v) is 6.75. The molecule has 1 heterocycles. The van der Waals surface area contributed by atoms with Crippen LogP contribution in [0.4, 0.5) is 0 Å². The lowest BCUT2D eigenvalue weighted by Crippen LogP contribution is -2.19. The highest BCUT2D eigenvalue weighted by atomic mass is 15.1. The molecule has 3 nitrogen and oxygen atoms in total. The van der Waals surface area contributed by atoms with Crippen molar-refractivity contribution >= 4 is 0 Å². The van der Waals surface area contributed by atoms with E-state index in [1.54, 1.807) is 0 Å². The Labute approximate surface area is 66.2 Å². The van der Waals surface area contributed by atoms with Crippen molar-refractivity contribution in [1.82, 2.24) is 9.55 Å². The van der Waals surface area contributed by atoms with Crippen molar-refractivity contribution in [3.05, 3.63) is 17.7 Å². The molecule has 11 heavy (non-hydrogen) atoms. The van der Waals surface area contributed by atoms with Gasteiger partial charge in [-0.2, -0.15) is 0 Å². The Kier molecular flexibility index (Phi) is 1.46. The van der Waals surface area contributed by atoms with Gasteiger partial charge in [0.25, 0.3) is 0 Å². The Balaban J connectivity index is 2.48. The predicted octanol–water partition coefficient (Wildman–Crippen LogP) is 0.756. The molecular weight excluding hydrogens is 138 g/mol. The number of aryl methyl sites for hydroxylation is 2. The van der Waals surface area contributed by atoms with E-state index in [0.717, 1.165) is 12.8 Å². The van der Waals surface area contributed by atoms with Gasteiger partial charge in [-0.25, -0.2) is 4.98 Å². The molecule has 0 bridgehead atoms. The van der Waals surface area contributed by atoms with Gasteiger partial charge >= 0.3 is 0 Å². The highest BCUT2D eigenvalue weighted by Gasteiger charge is 2.20. The number of nitrogens with two attached hydrogens (primary N) is 1. The van der Waals surface area contributed by atoms with Gasteiger partial charge in [-0.3, -0.25) is 0 Å². The Bertz CT molecular complexity index is 264. The van der Waals surface area contributed by atoms with Gasteiger partial charge in [0.2, 0.25) is 0 Å². The van der Waals surface area contributed by atoms with Gasteiger partial charge in [-0.05, 0) is 19.3 Å². The van der Waals surface area contributed by atoms with E-state index in [4.69, 9.17) is 5.73 Å². The van der Waals surface area contributed by atoms with Gasteiger partial charge in [0, 0.05) is 13.1 Å². The van der Waals surface area contributed by atoms with Gasteiger partial charge in [0.05, 0.1) is 17.7 Å². The van der Waals surface area contributed by atoms with E-state index in [-0.39, 0.29) is 6.04 Å². The molecule has 0 aromatic carbocycles. The smallest absolute Gasteiger partial charge is 0.0949 e. The average Bonchev–Trinajstić information content (AvgIpc) is 2.34. The molecule has 2 N–H and O–H groups in total. The first-order valence-electron chi connectivity index (χ1n) is 4.04. The van der Waals surface area contributed by atoms with Crippen LogP contribution in [0.5, 0.6) is 0 Å². The SMILES string of the molecule is Cn1cnc2c1C(N)CCC2. The molecule has 0 radical (unpaired) electrons. The second-order valence-corrected chi connectivity index (χ2v) is 3.19.